The number of benzene rings is 4. The lowest BCUT2D eigenvalue weighted by Gasteiger charge is -2.10. The maximum absolute atomic E-state index is 12.2. The maximum Gasteiger partial charge on any atom is 0.249 e. The highest BCUT2D eigenvalue weighted by Crippen LogP contribution is 2.35. The quantitative estimate of drug-likeness (QED) is 0.251. The second-order valence-electron chi connectivity index (χ2n) is 7.52. The van der Waals surface area contributed by atoms with E-state index in [4.69, 9.17) is 17.3 Å². The van der Waals surface area contributed by atoms with Crippen molar-refractivity contribution in [2.75, 3.05) is 0 Å². The zero-order valence-corrected chi connectivity index (χ0v) is 19.4. The van der Waals surface area contributed by atoms with Gasteiger partial charge in [0.25, 0.3) is 0 Å². The topological polar surface area (TPSA) is 48.0 Å². The molecule has 0 unspecified atom stereocenters. The monoisotopic (exact) mass is 536 g/mol. The molecule has 5 rings (SSSR count). The van der Waals surface area contributed by atoms with Crippen molar-refractivity contribution in [1.29, 1.82) is 0 Å². The van der Waals surface area contributed by atoms with E-state index in [9.17, 15) is 4.79 Å². The molecule has 152 valence electrons. The number of hydrogen-bond acceptors (Lipinski definition) is 1. The van der Waals surface area contributed by atoms with E-state index in [1.54, 1.807) is 6.07 Å². The number of rotatable bonds is 4. The van der Waals surface area contributed by atoms with Crippen LogP contribution in [0.2, 0.25) is 5.02 Å². The van der Waals surface area contributed by atoms with Crippen molar-refractivity contribution in [2.24, 2.45) is 5.73 Å². The SMILES string of the molecule is NC(=O)c1cccc2c1c1ccc(-c3ccc(Cl)cc3)cc1n2Cc1cccc(I)c1. The number of hydrogen-bond donors (Lipinski definition) is 1. The van der Waals surface area contributed by atoms with Crippen LogP contribution in [0.4, 0.5) is 0 Å². The van der Waals surface area contributed by atoms with E-state index >= 15 is 0 Å². The number of aromatic nitrogens is 1. The highest BCUT2D eigenvalue weighted by Gasteiger charge is 2.17. The van der Waals surface area contributed by atoms with Crippen LogP contribution in [0, 0.1) is 3.57 Å². The lowest BCUT2D eigenvalue weighted by atomic mass is 10.0. The Morgan fingerprint density at radius 3 is 2.35 bits per heavy atom. The van der Waals surface area contributed by atoms with Crippen molar-refractivity contribution >= 4 is 61.9 Å². The molecule has 0 fully saturated rings. The van der Waals surface area contributed by atoms with Gasteiger partial charge < -0.3 is 10.3 Å². The van der Waals surface area contributed by atoms with Crippen molar-refractivity contribution in [3.63, 3.8) is 0 Å². The average Bonchev–Trinajstić information content (AvgIpc) is 3.07. The van der Waals surface area contributed by atoms with Crippen LogP contribution in [0.3, 0.4) is 0 Å². The molecule has 0 aliphatic heterocycles. The van der Waals surface area contributed by atoms with Crippen LogP contribution in [0.5, 0.6) is 0 Å². The summed E-state index contributed by atoms with van der Waals surface area (Å²) in [5.41, 5.74) is 11.7. The number of amides is 1. The van der Waals surface area contributed by atoms with Crippen LogP contribution in [0.15, 0.2) is 84.9 Å². The number of carbonyl (C=O) groups excluding carboxylic acids is 1. The summed E-state index contributed by atoms with van der Waals surface area (Å²) in [4.78, 5) is 12.2. The summed E-state index contributed by atoms with van der Waals surface area (Å²) in [5, 5.41) is 2.63. The first-order chi connectivity index (χ1) is 15.0. The molecule has 0 saturated carbocycles. The van der Waals surface area contributed by atoms with Crippen molar-refractivity contribution in [3.05, 3.63) is 105 Å². The fraction of sp³-hybridized carbons (Fsp3) is 0.0385. The fourth-order valence-corrected chi connectivity index (χ4v) is 4.89. The summed E-state index contributed by atoms with van der Waals surface area (Å²) in [6.45, 7) is 0.698. The number of fused-ring (bicyclic) bond motifs is 3. The lowest BCUT2D eigenvalue weighted by molar-refractivity contribution is 0.100. The third-order valence-electron chi connectivity index (χ3n) is 5.56. The molecule has 2 N–H and O–H groups in total. The van der Waals surface area contributed by atoms with Gasteiger partial charge in [0.05, 0.1) is 11.0 Å². The van der Waals surface area contributed by atoms with Gasteiger partial charge in [-0.15, -0.1) is 0 Å². The summed E-state index contributed by atoms with van der Waals surface area (Å²) in [5.74, 6) is -0.416. The molecular weight excluding hydrogens is 519 g/mol. The predicted octanol–water partition coefficient (Wildman–Crippen LogP) is 6.87. The zero-order valence-electron chi connectivity index (χ0n) is 16.5. The lowest BCUT2D eigenvalue weighted by Crippen LogP contribution is -2.11. The van der Waals surface area contributed by atoms with Crippen molar-refractivity contribution < 1.29 is 4.79 Å². The van der Waals surface area contributed by atoms with Crippen molar-refractivity contribution in [1.82, 2.24) is 4.57 Å². The number of halogens is 2. The van der Waals surface area contributed by atoms with E-state index in [2.05, 4.69) is 75.7 Å². The summed E-state index contributed by atoms with van der Waals surface area (Å²) in [6, 6.07) is 28.4. The Balaban J connectivity index is 1.80. The summed E-state index contributed by atoms with van der Waals surface area (Å²) in [7, 11) is 0. The van der Waals surface area contributed by atoms with E-state index in [0.717, 1.165) is 32.9 Å². The Labute approximate surface area is 198 Å². The van der Waals surface area contributed by atoms with E-state index in [-0.39, 0.29) is 0 Å². The average molecular weight is 537 g/mol. The Hall–Kier alpha value is -2.83. The zero-order chi connectivity index (χ0) is 21.5. The molecule has 31 heavy (non-hydrogen) atoms. The second kappa shape index (κ2) is 8.02. The van der Waals surface area contributed by atoms with Gasteiger partial charge in [-0.25, -0.2) is 0 Å². The third kappa shape index (κ3) is 3.70. The van der Waals surface area contributed by atoms with Crippen LogP contribution >= 0.6 is 34.2 Å². The van der Waals surface area contributed by atoms with Crippen LogP contribution in [0.1, 0.15) is 15.9 Å². The normalized spacial score (nSPS) is 11.3. The first kappa shape index (κ1) is 20.1. The molecule has 0 atom stereocenters. The molecule has 1 amide bonds. The van der Waals surface area contributed by atoms with Gasteiger partial charge in [0.15, 0.2) is 0 Å². The fourth-order valence-electron chi connectivity index (χ4n) is 4.16. The van der Waals surface area contributed by atoms with Crippen molar-refractivity contribution in [2.45, 2.75) is 6.54 Å². The number of nitrogens with two attached hydrogens (primary N) is 1. The minimum absolute atomic E-state index is 0.416. The Kier molecular flexibility index (Phi) is 5.20. The molecular formula is C26H18ClIN2O. The van der Waals surface area contributed by atoms with Gasteiger partial charge in [-0.3, -0.25) is 4.79 Å². The largest absolute Gasteiger partial charge is 0.366 e. The molecule has 0 radical (unpaired) electrons. The molecule has 0 spiro atoms. The molecule has 5 heteroatoms. The van der Waals surface area contributed by atoms with Crippen LogP contribution in [0.25, 0.3) is 32.9 Å². The first-order valence-corrected chi connectivity index (χ1v) is 11.3. The molecule has 0 saturated heterocycles. The first-order valence-electron chi connectivity index (χ1n) is 9.86. The van der Waals surface area contributed by atoms with Gasteiger partial charge in [-0.2, -0.15) is 0 Å². The molecule has 5 aromatic rings. The van der Waals surface area contributed by atoms with E-state index < -0.39 is 5.91 Å². The van der Waals surface area contributed by atoms with Gasteiger partial charge in [0, 0.05) is 31.5 Å². The van der Waals surface area contributed by atoms with Gasteiger partial charge in [-0.05, 0) is 81.7 Å². The van der Waals surface area contributed by atoms with Crippen molar-refractivity contribution in [3.8, 4) is 11.1 Å². The predicted molar refractivity (Wildman–Crippen MR) is 137 cm³/mol. The molecule has 4 aromatic carbocycles. The summed E-state index contributed by atoms with van der Waals surface area (Å²) >= 11 is 8.41. The summed E-state index contributed by atoms with van der Waals surface area (Å²) < 4.78 is 3.46. The van der Waals surface area contributed by atoms with Crippen LogP contribution in [-0.2, 0) is 6.54 Å². The van der Waals surface area contributed by atoms with Gasteiger partial charge in [0.2, 0.25) is 5.91 Å². The Morgan fingerprint density at radius 2 is 1.61 bits per heavy atom. The van der Waals surface area contributed by atoms with E-state index in [0.29, 0.717) is 17.1 Å². The smallest absolute Gasteiger partial charge is 0.249 e. The van der Waals surface area contributed by atoms with Gasteiger partial charge in [0.1, 0.15) is 0 Å². The molecule has 0 aliphatic carbocycles. The van der Waals surface area contributed by atoms with Crippen LogP contribution in [-0.4, -0.2) is 10.5 Å². The van der Waals surface area contributed by atoms with Gasteiger partial charge in [-0.1, -0.05) is 54.1 Å². The maximum atomic E-state index is 12.2. The number of primary amides is 1. The Bertz CT molecular complexity index is 1450. The van der Waals surface area contributed by atoms with Gasteiger partial charge >= 0.3 is 0 Å². The molecule has 0 bridgehead atoms. The van der Waals surface area contributed by atoms with E-state index in [1.165, 1.54) is 9.13 Å². The number of carbonyl (C=O) groups is 1. The second-order valence-corrected chi connectivity index (χ2v) is 9.20. The standard InChI is InChI=1S/C26H18ClIN2O/c27-19-10-7-17(8-11-19)18-9-12-21-24(14-18)30(15-16-3-1-4-20(28)13-16)23-6-2-5-22(25(21)23)26(29)31/h1-14H,15H2,(H2,29,31). The van der Waals surface area contributed by atoms with Crippen LogP contribution < -0.4 is 5.73 Å². The highest BCUT2D eigenvalue weighted by molar-refractivity contribution is 14.1. The minimum Gasteiger partial charge on any atom is -0.366 e. The summed E-state index contributed by atoms with van der Waals surface area (Å²) in [6.07, 6.45) is 0. The van der Waals surface area contributed by atoms with E-state index in [1.807, 2.05) is 30.3 Å². The molecule has 1 heterocycles. The third-order valence-corrected chi connectivity index (χ3v) is 6.49. The molecule has 0 aliphatic rings. The Morgan fingerprint density at radius 1 is 0.871 bits per heavy atom. The molecule has 1 aromatic heterocycles. The minimum atomic E-state index is -0.416. The number of nitrogens with zero attached hydrogens (tertiary/aromatic N) is 1. The highest BCUT2D eigenvalue weighted by atomic mass is 127. The molecule has 3 nitrogen and oxygen atoms in total.